The summed E-state index contributed by atoms with van der Waals surface area (Å²) in [4.78, 5) is 11.4. The molecular formula is C21H42O3. The predicted octanol–water partition coefficient (Wildman–Crippen LogP) is 6.44. The van der Waals surface area contributed by atoms with Crippen molar-refractivity contribution in [2.75, 3.05) is 13.2 Å². The lowest BCUT2D eigenvalue weighted by molar-refractivity contribution is -0.155. The minimum Gasteiger partial charge on any atom is -0.464 e. The van der Waals surface area contributed by atoms with E-state index >= 15 is 0 Å². The van der Waals surface area contributed by atoms with E-state index in [0.29, 0.717) is 13.2 Å². The molecule has 1 unspecified atom stereocenters. The van der Waals surface area contributed by atoms with Crippen LogP contribution in [0.4, 0.5) is 0 Å². The molecule has 0 aromatic rings. The number of rotatable bonds is 18. The number of hydrogen-bond donors (Lipinski definition) is 0. The van der Waals surface area contributed by atoms with Gasteiger partial charge < -0.3 is 9.47 Å². The summed E-state index contributed by atoms with van der Waals surface area (Å²) in [5, 5.41) is 0. The van der Waals surface area contributed by atoms with Gasteiger partial charge in [0.05, 0.1) is 6.61 Å². The molecule has 0 spiro atoms. The summed E-state index contributed by atoms with van der Waals surface area (Å²) < 4.78 is 10.4. The SMILES string of the molecule is CCCCCCCCCCCCCCCCOC(C)C(=O)OCC. The highest BCUT2D eigenvalue weighted by atomic mass is 16.6. The van der Waals surface area contributed by atoms with Gasteiger partial charge in [-0.2, -0.15) is 0 Å². The molecule has 0 radical (unpaired) electrons. The molecule has 0 saturated carbocycles. The maximum Gasteiger partial charge on any atom is 0.334 e. The Hall–Kier alpha value is -0.570. The van der Waals surface area contributed by atoms with Gasteiger partial charge in [-0.25, -0.2) is 4.79 Å². The second-order valence-corrected chi connectivity index (χ2v) is 6.86. The Kier molecular flexibility index (Phi) is 18.3. The van der Waals surface area contributed by atoms with Crippen LogP contribution in [0.15, 0.2) is 0 Å². The molecule has 3 nitrogen and oxygen atoms in total. The Labute approximate surface area is 150 Å². The highest BCUT2D eigenvalue weighted by Gasteiger charge is 2.13. The maximum absolute atomic E-state index is 11.4. The molecule has 0 N–H and O–H groups in total. The third-order valence-electron chi connectivity index (χ3n) is 4.48. The highest BCUT2D eigenvalue weighted by molar-refractivity contribution is 5.74. The van der Waals surface area contributed by atoms with Crippen molar-refractivity contribution < 1.29 is 14.3 Å². The van der Waals surface area contributed by atoms with Crippen LogP contribution in [0.25, 0.3) is 0 Å². The topological polar surface area (TPSA) is 35.5 Å². The lowest BCUT2D eigenvalue weighted by Crippen LogP contribution is -2.23. The minimum absolute atomic E-state index is 0.247. The number of carbonyl (C=O) groups is 1. The first-order chi connectivity index (χ1) is 11.7. The fourth-order valence-electron chi connectivity index (χ4n) is 2.88. The standard InChI is InChI=1S/C21H42O3/c1-4-6-7-8-9-10-11-12-13-14-15-16-17-18-19-24-20(3)21(22)23-5-2/h20H,4-19H2,1-3H3. The molecule has 0 rings (SSSR count). The van der Waals surface area contributed by atoms with Gasteiger partial charge in [0, 0.05) is 6.61 Å². The quantitative estimate of drug-likeness (QED) is 0.212. The van der Waals surface area contributed by atoms with Crippen molar-refractivity contribution in [3.05, 3.63) is 0 Å². The van der Waals surface area contributed by atoms with Gasteiger partial charge in [-0.3, -0.25) is 0 Å². The van der Waals surface area contributed by atoms with Crippen molar-refractivity contribution in [1.82, 2.24) is 0 Å². The number of hydrogen-bond acceptors (Lipinski definition) is 3. The van der Waals surface area contributed by atoms with E-state index in [9.17, 15) is 4.79 Å². The molecule has 3 heteroatoms. The molecule has 0 saturated heterocycles. The van der Waals surface area contributed by atoms with Crippen LogP contribution in [0.2, 0.25) is 0 Å². The van der Waals surface area contributed by atoms with Gasteiger partial charge in [0.25, 0.3) is 0 Å². The zero-order valence-electron chi connectivity index (χ0n) is 16.6. The van der Waals surface area contributed by atoms with Crippen molar-refractivity contribution in [2.24, 2.45) is 0 Å². The van der Waals surface area contributed by atoms with Crippen LogP contribution in [0.3, 0.4) is 0 Å². The van der Waals surface area contributed by atoms with Crippen LogP contribution < -0.4 is 0 Å². The van der Waals surface area contributed by atoms with Crippen LogP contribution >= 0.6 is 0 Å². The van der Waals surface area contributed by atoms with Crippen molar-refractivity contribution >= 4 is 5.97 Å². The predicted molar refractivity (Wildman–Crippen MR) is 102 cm³/mol. The van der Waals surface area contributed by atoms with E-state index in [2.05, 4.69) is 6.92 Å². The molecule has 0 heterocycles. The van der Waals surface area contributed by atoms with Crippen LogP contribution in [-0.4, -0.2) is 25.3 Å². The zero-order chi connectivity index (χ0) is 17.9. The molecule has 0 bridgehead atoms. The summed E-state index contributed by atoms with van der Waals surface area (Å²) in [7, 11) is 0. The van der Waals surface area contributed by atoms with Gasteiger partial charge in [-0.1, -0.05) is 90.4 Å². The zero-order valence-corrected chi connectivity index (χ0v) is 16.6. The van der Waals surface area contributed by atoms with E-state index in [-0.39, 0.29) is 5.97 Å². The van der Waals surface area contributed by atoms with Gasteiger partial charge in [-0.05, 0) is 20.3 Å². The molecule has 0 aromatic heterocycles. The summed E-state index contributed by atoms with van der Waals surface area (Å²) >= 11 is 0. The molecular weight excluding hydrogens is 300 g/mol. The van der Waals surface area contributed by atoms with Crippen molar-refractivity contribution in [1.29, 1.82) is 0 Å². The average Bonchev–Trinajstić information content (AvgIpc) is 2.58. The number of unbranched alkanes of at least 4 members (excludes halogenated alkanes) is 13. The van der Waals surface area contributed by atoms with E-state index in [1.165, 1.54) is 83.5 Å². The average molecular weight is 343 g/mol. The number of esters is 1. The molecule has 0 aliphatic carbocycles. The van der Waals surface area contributed by atoms with Crippen LogP contribution in [0.5, 0.6) is 0 Å². The Morgan fingerprint density at radius 2 is 1.12 bits per heavy atom. The van der Waals surface area contributed by atoms with Crippen LogP contribution in [0, 0.1) is 0 Å². The first-order valence-corrected chi connectivity index (χ1v) is 10.5. The van der Waals surface area contributed by atoms with Crippen molar-refractivity contribution in [3.63, 3.8) is 0 Å². The lowest BCUT2D eigenvalue weighted by atomic mass is 10.0. The van der Waals surface area contributed by atoms with Gasteiger partial charge >= 0.3 is 5.97 Å². The fourth-order valence-corrected chi connectivity index (χ4v) is 2.88. The smallest absolute Gasteiger partial charge is 0.334 e. The van der Waals surface area contributed by atoms with E-state index in [4.69, 9.17) is 9.47 Å². The summed E-state index contributed by atoms with van der Waals surface area (Å²) in [6, 6.07) is 0. The van der Waals surface area contributed by atoms with E-state index in [1.807, 2.05) is 6.92 Å². The van der Waals surface area contributed by atoms with E-state index in [1.54, 1.807) is 6.92 Å². The Bertz CT molecular complexity index is 266. The Morgan fingerprint density at radius 3 is 1.54 bits per heavy atom. The number of carbonyl (C=O) groups excluding carboxylic acids is 1. The first-order valence-electron chi connectivity index (χ1n) is 10.5. The highest BCUT2D eigenvalue weighted by Crippen LogP contribution is 2.13. The summed E-state index contributed by atoms with van der Waals surface area (Å²) in [6.07, 6.45) is 18.5. The summed E-state index contributed by atoms with van der Waals surface area (Å²) in [5.41, 5.74) is 0. The largest absolute Gasteiger partial charge is 0.464 e. The molecule has 0 aliphatic rings. The second kappa shape index (κ2) is 18.8. The Balaban J connectivity index is 3.14. The molecule has 0 aromatic carbocycles. The molecule has 0 fully saturated rings. The summed E-state index contributed by atoms with van der Waals surface area (Å²) in [5.74, 6) is -0.247. The van der Waals surface area contributed by atoms with E-state index in [0.717, 1.165) is 6.42 Å². The molecule has 24 heavy (non-hydrogen) atoms. The van der Waals surface area contributed by atoms with Gasteiger partial charge in [0.1, 0.15) is 0 Å². The molecule has 144 valence electrons. The number of ether oxygens (including phenoxy) is 2. The normalized spacial score (nSPS) is 12.3. The fraction of sp³-hybridized carbons (Fsp3) is 0.952. The maximum atomic E-state index is 11.4. The molecule has 1 atom stereocenters. The Morgan fingerprint density at radius 1 is 0.708 bits per heavy atom. The first kappa shape index (κ1) is 23.4. The van der Waals surface area contributed by atoms with Gasteiger partial charge in [0.15, 0.2) is 6.10 Å². The monoisotopic (exact) mass is 342 g/mol. The van der Waals surface area contributed by atoms with E-state index < -0.39 is 6.10 Å². The lowest BCUT2D eigenvalue weighted by Gasteiger charge is -2.11. The van der Waals surface area contributed by atoms with Crippen LogP contribution in [0.1, 0.15) is 111 Å². The third-order valence-corrected chi connectivity index (χ3v) is 4.48. The summed E-state index contributed by atoms with van der Waals surface area (Å²) in [6.45, 7) is 6.94. The van der Waals surface area contributed by atoms with Gasteiger partial charge in [0.2, 0.25) is 0 Å². The van der Waals surface area contributed by atoms with Crippen LogP contribution in [-0.2, 0) is 14.3 Å². The van der Waals surface area contributed by atoms with Crippen molar-refractivity contribution in [2.45, 2.75) is 117 Å². The van der Waals surface area contributed by atoms with Crippen molar-refractivity contribution in [3.8, 4) is 0 Å². The van der Waals surface area contributed by atoms with Gasteiger partial charge in [-0.15, -0.1) is 0 Å². The minimum atomic E-state index is -0.424. The molecule has 0 aliphatic heterocycles. The molecule has 0 amide bonds. The second-order valence-electron chi connectivity index (χ2n) is 6.86. The third kappa shape index (κ3) is 16.3.